The third-order valence-electron chi connectivity index (χ3n) is 3.52. The summed E-state index contributed by atoms with van der Waals surface area (Å²) in [6, 6.07) is 13.3. The molecule has 0 unspecified atom stereocenters. The number of ether oxygens (including phenoxy) is 2. The van der Waals surface area contributed by atoms with Crippen LogP contribution in [0, 0.1) is 5.82 Å². The fraction of sp³-hybridized carbons (Fsp3) is 0.316. The van der Waals surface area contributed by atoms with Crippen LogP contribution in [0.1, 0.15) is 12.5 Å². The van der Waals surface area contributed by atoms with Crippen molar-refractivity contribution in [3.63, 3.8) is 0 Å². The number of carbonyl (C=O) groups is 1. The van der Waals surface area contributed by atoms with Gasteiger partial charge in [0.15, 0.2) is 0 Å². The van der Waals surface area contributed by atoms with Crippen LogP contribution in [0.3, 0.4) is 0 Å². The van der Waals surface area contributed by atoms with E-state index < -0.39 is 0 Å². The van der Waals surface area contributed by atoms with E-state index >= 15 is 0 Å². The number of hydrogen-bond donors (Lipinski definition) is 0. The Morgan fingerprint density at radius 2 is 1.58 bits per heavy atom. The summed E-state index contributed by atoms with van der Waals surface area (Å²) in [6.07, 6.45) is 0.333. The molecule has 5 heteroatoms. The zero-order valence-corrected chi connectivity index (χ0v) is 14.0. The second-order valence-corrected chi connectivity index (χ2v) is 5.37. The van der Waals surface area contributed by atoms with Crippen LogP contribution in [0.5, 0.6) is 11.5 Å². The highest BCUT2D eigenvalue weighted by Crippen LogP contribution is 2.13. The number of rotatable bonds is 8. The Hall–Kier alpha value is -2.56. The van der Waals surface area contributed by atoms with E-state index in [2.05, 4.69) is 0 Å². The van der Waals surface area contributed by atoms with Crippen molar-refractivity contribution in [1.29, 1.82) is 0 Å². The van der Waals surface area contributed by atoms with Crippen molar-refractivity contribution in [1.82, 2.24) is 4.90 Å². The molecule has 0 atom stereocenters. The van der Waals surface area contributed by atoms with Crippen LogP contribution in [0.2, 0.25) is 0 Å². The van der Waals surface area contributed by atoms with Gasteiger partial charge in [-0.1, -0.05) is 12.1 Å². The predicted octanol–water partition coefficient (Wildman–Crippen LogP) is 3.30. The van der Waals surface area contributed by atoms with E-state index in [1.54, 1.807) is 24.1 Å². The molecule has 0 aliphatic rings. The first-order valence-corrected chi connectivity index (χ1v) is 7.92. The van der Waals surface area contributed by atoms with Crippen LogP contribution in [-0.2, 0) is 11.2 Å². The lowest BCUT2D eigenvalue weighted by Gasteiger charge is -2.17. The summed E-state index contributed by atoms with van der Waals surface area (Å²) in [6.45, 7) is 3.37. The second kappa shape index (κ2) is 8.91. The fourth-order valence-electron chi connectivity index (χ4n) is 2.14. The van der Waals surface area contributed by atoms with Crippen molar-refractivity contribution in [3.8, 4) is 11.5 Å². The summed E-state index contributed by atoms with van der Waals surface area (Å²) in [5.74, 6) is 1.10. The standard InChI is InChI=1S/C19H22FNO3/c1-3-23-17-8-4-15(5-9-17)14-19(22)21(2)12-13-24-18-10-6-16(20)7-11-18/h4-11H,3,12-14H2,1-2H3. The Labute approximate surface area is 141 Å². The van der Waals surface area contributed by atoms with Crippen molar-refractivity contribution < 1.29 is 18.7 Å². The molecule has 0 spiro atoms. The summed E-state index contributed by atoms with van der Waals surface area (Å²) < 4.78 is 23.7. The number of likely N-dealkylation sites (N-methyl/N-ethyl adjacent to an activating group) is 1. The van der Waals surface area contributed by atoms with Gasteiger partial charge in [-0.2, -0.15) is 0 Å². The van der Waals surface area contributed by atoms with E-state index in [1.165, 1.54) is 12.1 Å². The quantitative estimate of drug-likeness (QED) is 0.745. The van der Waals surface area contributed by atoms with Gasteiger partial charge in [0.1, 0.15) is 23.9 Å². The minimum Gasteiger partial charge on any atom is -0.494 e. The van der Waals surface area contributed by atoms with Gasteiger partial charge in [0.2, 0.25) is 5.91 Å². The van der Waals surface area contributed by atoms with Gasteiger partial charge in [-0.05, 0) is 48.9 Å². The third-order valence-corrected chi connectivity index (χ3v) is 3.52. The van der Waals surface area contributed by atoms with Crippen LogP contribution in [0.4, 0.5) is 4.39 Å². The minimum absolute atomic E-state index is 0.0156. The zero-order chi connectivity index (χ0) is 17.4. The molecule has 0 aliphatic heterocycles. The SMILES string of the molecule is CCOc1ccc(CC(=O)N(C)CCOc2ccc(F)cc2)cc1. The topological polar surface area (TPSA) is 38.8 Å². The highest BCUT2D eigenvalue weighted by atomic mass is 19.1. The van der Waals surface area contributed by atoms with Crippen LogP contribution in [0.25, 0.3) is 0 Å². The lowest BCUT2D eigenvalue weighted by molar-refractivity contribution is -0.129. The second-order valence-electron chi connectivity index (χ2n) is 5.37. The first kappa shape index (κ1) is 17.8. The molecule has 0 aliphatic carbocycles. The lowest BCUT2D eigenvalue weighted by Crippen LogP contribution is -2.32. The summed E-state index contributed by atoms with van der Waals surface area (Å²) in [4.78, 5) is 13.8. The van der Waals surface area contributed by atoms with Gasteiger partial charge >= 0.3 is 0 Å². The molecule has 2 rings (SSSR count). The number of nitrogens with zero attached hydrogens (tertiary/aromatic N) is 1. The number of benzene rings is 2. The lowest BCUT2D eigenvalue weighted by atomic mass is 10.1. The van der Waals surface area contributed by atoms with Gasteiger partial charge in [0.25, 0.3) is 0 Å². The average molecular weight is 331 g/mol. The maximum Gasteiger partial charge on any atom is 0.226 e. The normalized spacial score (nSPS) is 10.3. The van der Waals surface area contributed by atoms with E-state index in [0.717, 1.165) is 11.3 Å². The Balaban J connectivity index is 1.76. The molecular formula is C19H22FNO3. The van der Waals surface area contributed by atoms with Crippen molar-refractivity contribution in [2.24, 2.45) is 0 Å². The molecule has 0 fully saturated rings. The average Bonchev–Trinajstić information content (AvgIpc) is 2.58. The van der Waals surface area contributed by atoms with Gasteiger partial charge in [-0.25, -0.2) is 4.39 Å². The number of carbonyl (C=O) groups excluding carboxylic acids is 1. The maximum absolute atomic E-state index is 12.8. The largest absolute Gasteiger partial charge is 0.494 e. The van der Waals surface area contributed by atoms with E-state index in [9.17, 15) is 9.18 Å². The van der Waals surface area contributed by atoms with Crippen LogP contribution in [-0.4, -0.2) is 37.6 Å². The highest BCUT2D eigenvalue weighted by molar-refractivity contribution is 5.78. The van der Waals surface area contributed by atoms with Gasteiger partial charge in [0, 0.05) is 7.05 Å². The molecule has 0 aromatic heterocycles. The molecule has 0 heterocycles. The summed E-state index contributed by atoms with van der Waals surface area (Å²) in [5.41, 5.74) is 0.940. The van der Waals surface area contributed by atoms with Crippen molar-refractivity contribution in [2.45, 2.75) is 13.3 Å². The third kappa shape index (κ3) is 5.57. The number of amides is 1. The molecule has 0 saturated heterocycles. The molecule has 0 N–H and O–H groups in total. The minimum atomic E-state index is -0.301. The summed E-state index contributed by atoms with van der Waals surface area (Å²) in [5, 5.41) is 0. The van der Waals surface area contributed by atoms with Gasteiger partial charge in [-0.15, -0.1) is 0 Å². The van der Waals surface area contributed by atoms with Gasteiger partial charge in [0.05, 0.1) is 19.6 Å². The van der Waals surface area contributed by atoms with Crippen LogP contribution >= 0.6 is 0 Å². The fourth-order valence-corrected chi connectivity index (χ4v) is 2.14. The maximum atomic E-state index is 12.8. The molecule has 0 radical (unpaired) electrons. The zero-order valence-electron chi connectivity index (χ0n) is 14.0. The van der Waals surface area contributed by atoms with Crippen molar-refractivity contribution in [2.75, 3.05) is 26.8 Å². The first-order chi connectivity index (χ1) is 11.6. The molecule has 0 saturated carbocycles. The molecule has 1 amide bonds. The molecule has 2 aromatic carbocycles. The first-order valence-electron chi connectivity index (χ1n) is 7.92. The molecular weight excluding hydrogens is 309 g/mol. The molecule has 0 bridgehead atoms. The van der Waals surface area contributed by atoms with Crippen LogP contribution in [0.15, 0.2) is 48.5 Å². The molecule has 24 heavy (non-hydrogen) atoms. The van der Waals surface area contributed by atoms with Crippen molar-refractivity contribution >= 4 is 5.91 Å². The summed E-state index contributed by atoms with van der Waals surface area (Å²) in [7, 11) is 1.74. The van der Waals surface area contributed by atoms with E-state index in [4.69, 9.17) is 9.47 Å². The smallest absolute Gasteiger partial charge is 0.226 e. The Bertz CT molecular complexity index is 641. The Kier molecular flexibility index (Phi) is 6.61. The monoisotopic (exact) mass is 331 g/mol. The Morgan fingerprint density at radius 1 is 1.00 bits per heavy atom. The van der Waals surface area contributed by atoms with Gasteiger partial charge < -0.3 is 14.4 Å². The highest BCUT2D eigenvalue weighted by Gasteiger charge is 2.10. The number of hydrogen-bond acceptors (Lipinski definition) is 3. The molecule has 2 aromatic rings. The van der Waals surface area contributed by atoms with E-state index in [1.807, 2.05) is 31.2 Å². The van der Waals surface area contributed by atoms with Gasteiger partial charge in [-0.3, -0.25) is 4.79 Å². The molecule has 128 valence electrons. The van der Waals surface area contributed by atoms with E-state index in [0.29, 0.717) is 31.9 Å². The van der Waals surface area contributed by atoms with E-state index in [-0.39, 0.29) is 11.7 Å². The molecule has 4 nitrogen and oxygen atoms in total. The summed E-state index contributed by atoms with van der Waals surface area (Å²) >= 11 is 0. The Morgan fingerprint density at radius 3 is 2.21 bits per heavy atom. The van der Waals surface area contributed by atoms with Crippen molar-refractivity contribution in [3.05, 3.63) is 59.9 Å². The van der Waals surface area contributed by atoms with Crippen LogP contribution < -0.4 is 9.47 Å². The number of halogens is 1. The predicted molar refractivity (Wildman–Crippen MR) is 90.8 cm³/mol.